The van der Waals surface area contributed by atoms with Gasteiger partial charge in [-0.2, -0.15) is 0 Å². The highest BCUT2D eigenvalue weighted by atomic mass is 35.5. The second-order valence-electron chi connectivity index (χ2n) is 5.52. The number of carbonyl (C=O) groups is 1. The van der Waals surface area contributed by atoms with E-state index in [1.165, 1.54) is 19.3 Å². The topological polar surface area (TPSA) is 29.5 Å². The summed E-state index contributed by atoms with van der Waals surface area (Å²) < 4.78 is 5.45. The average Bonchev–Trinajstić information content (AvgIpc) is 2.54. The minimum Gasteiger partial charge on any atom is -0.494 e. The summed E-state index contributed by atoms with van der Waals surface area (Å²) in [4.78, 5) is 14.1. The van der Waals surface area contributed by atoms with Crippen molar-refractivity contribution in [3.8, 4) is 5.75 Å². The van der Waals surface area contributed by atoms with Crippen LogP contribution < -0.4 is 4.74 Å². The Labute approximate surface area is 132 Å². The van der Waals surface area contributed by atoms with Crippen LogP contribution in [0, 0.1) is 0 Å². The Hall–Kier alpha value is -1.22. The second-order valence-corrected chi connectivity index (χ2v) is 5.79. The first kappa shape index (κ1) is 16.2. The van der Waals surface area contributed by atoms with Crippen molar-refractivity contribution in [3.05, 3.63) is 29.8 Å². The van der Waals surface area contributed by atoms with E-state index < -0.39 is 0 Å². The first-order chi connectivity index (χ1) is 10.2. The van der Waals surface area contributed by atoms with Gasteiger partial charge in [0.25, 0.3) is 0 Å². The fourth-order valence-electron chi connectivity index (χ4n) is 2.94. The molecule has 0 heterocycles. The molecule has 1 aliphatic rings. The van der Waals surface area contributed by atoms with Gasteiger partial charge in [0.05, 0.1) is 6.61 Å². The van der Waals surface area contributed by atoms with Crippen LogP contribution in [0.25, 0.3) is 0 Å². The number of nitrogens with zero attached hydrogens (tertiary/aromatic N) is 1. The van der Waals surface area contributed by atoms with Crippen molar-refractivity contribution in [2.75, 3.05) is 12.5 Å². The fraction of sp³-hybridized carbons (Fsp3) is 0.588. The molecule has 4 heteroatoms. The summed E-state index contributed by atoms with van der Waals surface area (Å²) in [5.74, 6) is 0.972. The summed E-state index contributed by atoms with van der Waals surface area (Å²) in [6.45, 7) is 3.28. The van der Waals surface area contributed by atoms with E-state index in [2.05, 4.69) is 0 Å². The molecule has 0 aromatic heterocycles. The van der Waals surface area contributed by atoms with Gasteiger partial charge in [-0.1, -0.05) is 31.4 Å². The van der Waals surface area contributed by atoms with Crippen LogP contribution in [0.3, 0.4) is 0 Å². The third-order valence-corrected chi connectivity index (χ3v) is 4.27. The zero-order valence-corrected chi connectivity index (χ0v) is 13.4. The van der Waals surface area contributed by atoms with E-state index in [-0.39, 0.29) is 11.8 Å². The Morgan fingerprint density at radius 1 is 1.24 bits per heavy atom. The first-order valence-electron chi connectivity index (χ1n) is 7.81. The van der Waals surface area contributed by atoms with Crippen molar-refractivity contribution < 1.29 is 9.53 Å². The molecule has 0 radical (unpaired) electrons. The predicted octanol–water partition coefficient (Wildman–Crippen LogP) is 3.99. The molecule has 0 atom stereocenters. The average molecular weight is 310 g/mol. The lowest BCUT2D eigenvalue weighted by molar-refractivity contribution is -0.132. The lowest BCUT2D eigenvalue weighted by Gasteiger charge is -2.34. The van der Waals surface area contributed by atoms with Crippen molar-refractivity contribution in [2.45, 2.75) is 51.6 Å². The van der Waals surface area contributed by atoms with Gasteiger partial charge in [-0.05, 0) is 37.5 Å². The smallest absolute Gasteiger partial charge is 0.238 e. The highest BCUT2D eigenvalue weighted by Gasteiger charge is 2.24. The largest absolute Gasteiger partial charge is 0.494 e. The zero-order valence-electron chi connectivity index (χ0n) is 12.7. The number of benzene rings is 1. The van der Waals surface area contributed by atoms with Crippen LogP contribution >= 0.6 is 11.6 Å². The molecule has 0 aliphatic heterocycles. The molecule has 2 rings (SSSR count). The van der Waals surface area contributed by atoms with Gasteiger partial charge < -0.3 is 9.64 Å². The summed E-state index contributed by atoms with van der Waals surface area (Å²) in [7, 11) is 0. The lowest BCUT2D eigenvalue weighted by atomic mass is 9.94. The Morgan fingerprint density at radius 2 is 1.90 bits per heavy atom. The number of amides is 1. The first-order valence-corrected chi connectivity index (χ1v) is 8.35. The normalized spacial score (nSPS) is 15.7. The van der Waals surface area contributed by atoms with Gasteiger partial charge in [0.15, 0.2) is 0 Å². The molecule has 3 nitrogen and oxygen atoms in total. The number of hydrogen-bond donors (Lipinski definition) is 0. The van der Waals surface area contributed by atoms with E-state index in [0.717, 1.165) is 24.2 Å². The highest BCUT2D eigenvalue weighted by Crippen LogP contribution is 2.25. The molecule has 116 valence electrons. The van der Waals surface area contributed by atoms with Gasteiger partial charge in [0.1, 0.15) is 11.6 Å². The lowest BCUT2D eigenvalue weighted by Crippen LogP contribution is -2.41. The minimum atomic E-state index is 0.0393. The van der Waals surface area contributed by atoms with Gasteiger partial charge in [0, 0.05) is 12.6 Å². The van der Waals surface area contributed by atoms with Gasteiger partial charge in [0.2, 0.25) is 5.91 Å². The van der Waals surface area contributed by atoms with Crippen LogP contribution in [0.5, 0.6) is 5.75 Å². The summed E-state index contributed by atoms with van der Waals surface area (Å²) in [5.41, 5.74) is 1.13. The summed E-state index contributed by atoms with van der Waals surface area (Å²) in [6.07, 6.45) is 5.89. The van der Waals surface area contributed by atoms with Crippen molar-refractivity contribution in [1.29, 1.82) is 0 Å². The molecule has 0 spiro atoms. The van der Waals surface area contributed by atoms with E-state index in [9.17, 15) is 4.79 Å². The molecular weight excluding hydrogens is 286 g/mol. The Kier molecular flexibility index (Phi) is 6.37. The number of rotatable bonds is 6. The summed E-state index contributed by atoms with van der Waals surface area (Å²) >= 11 is 5.79. The fourth-order valence-corrected chi connectivity index (χ4v) is 3.10. The maximum absolute atomic E-state index is 12.2. The van der Waals surface area contributed by atoms with E-state index in [0.29, 0.717) is 19.2 Å². The molecule has 21 heavy (non-hydrogen) atoms. The third-order valence-electron chi connectivity index (χ3n) is 4.04. The molecule has 1 aromatic rings. The Morgan fingerprint density at radius 3 is 2.48 bits per heavy atom. The third kappa shape index (κ3) is 4.63. The molecule has 1 fully saturated rings. The number of hydrogen-bond acceptors (Lipinski definition) is 2. The zero-order chi connectivity index (χ0) is 15.1. The molecule has 1 aliphatic carbocycles. The monoisotopic (exact) mass is 309 g/mol. The Balaban J connectivity index is 2.04. The van der Waals surface area contributed by atoms with Crippen molar-refractivity contribution >= 4 is 17.5 Å². The van der Waals surface area contributed by atoms with Gasteiger partial charge in [-0.3, -0.25) is 4.79 Å². The number of halogens is 1. The number of carbonyl (C=O) groups excluding carboxylic acids is 1. The quantitative estimate of drug-likeness (QED) is 0.744. The summed E-state index contributed by atoms with van der Waals surface area (Å²) in [6, 6.07) is 8.33. The SMILES string of the molecule is CCOc1ccc(CN(C(=O)CCl)C2CCCCC2)cc1. The molecule has 1 aromatic carbocycles. The molecular formula is C17H24ClNO2. The van der Waals surface area contributed by atoms with E-state index in [4.69, 9.17) is 16.3 Å². The highest BCUT2D eigenvalue weighted by molar-refractivity contribution is 6.27. The van der Waals surface area contributed by atoms with E-state index >= 15 is 0 Å². The van der Waals surface area contributed by atoms with Crippen LogP contribution in [-0.2, 0) is 11.3 Å². The molecule has 0 bridgehead atoms. The minimum absolute atomic E-state index is 0.0393. The van der Waals surface area contributed by atoms with Crippen LogP contribution in [0.15, 0.2) is 24.3 Å². The van der Waals surface area contributed by atoms with Crippen LogP contribution in [0.1, 0.15) is 44.6 Å². The number of alkyl halides is 1. The van der Waals surface area contributed by atoms with E-state index in [1.807, 2.05) is 36.1 Å². The second kappa shape index (κ2) is 8.28. The van der Waals surface area contributed by atoms with Crippen LogP contribution in [-0.4, -0.2) is 29.3 Å². The molecule has 0 saturated heterocycles. The van der Waals surface area contributed by atoms with Crippen molar-refractivity contribution in [2.24, 2.45) is 0 Å². The van der Waals surface area contributed by atoms with Crippen molar-refractivity contribution in [3.63, 3.8) is 0 Å². The van der Waals surface area contributed by atoms with Crippen LogP contribution in [0.4, 0.5) is 0 Å². The van der Waals surface area contributed by atoms with Gasteiger partial charge >= 0.3 is 0 Å². The van der Waals surface area contributed by atoms with Crippen molar-refractivity contribution in [1.82, 2.24) is 4.90 Å². The number of ether oxygens (including phenoxy) is 1. The standard InChI is InChI=1S/C17H24ClNO2/c1-2-21-16-10-8-14(9-11-16)13-19(17(20)12-18)15-6-4-3-5-7-15/h8-11,15H,2-7,12-13H2,1H3. The maximum atomic E-state index is 12.2. The Bertz CT molecular complexity index is 441. The predicted molar refractivity (Wildman–Crippen MR) is 85.8 cm³/mol. The molecule has 0 unspecified atom stereocenters. The van der Waals surface area contributed by atoms with E-state index in [1.54, 1.807) is 0 Å². The van der Waals surface area contributed by atoms with Gasteiger partial charge in [-0.25, -0.2) is 0 Å². The van der Waals surface area contributed by atoms with Gasteiger partial charge in [-0.15, -0.1) is 11.6 Å². The molecule has 1 amide bonds. The molecule has 1 saturated carbocycles. The summed E-state index contributed by atoms with van der Waals surface area (Å²) in [5, 5.41) is 0. The van der Waals surface area contributed by atoms with Crippen LogP contribution in [0.2, 0.25) is 0 Å². The maximum Gasteiger partial charge on any atom is 0.238 e. The molecule has 0 N–H and O–H groups in total.